The van der Waals surface area contributed by atoms with E-state index in [9.17, 15) is 18.4 Å². The van der Waals surface area contributed by atoms with Crippen molar-refractivity contribution in [3.8, 4) is 17.1 Å². The number of aromatic nitrogens is 2. The lowest BCUT2D eigenvalue weighted by atomic mass is 10.1. The minimum atomic E-state index is -2.76. The van der Waals surface area contributed by atoms with Gasteiger partial charge < -0.3 is 25.1 Å². The number of carbonyl (C=O) groups is 2. The van der Waals surface area contributed by atoms with Crippen LogP contribution in [0.1, 0.15) is 6.92 Å². The first kappa shape index (κ1) is 20.1. The van der Waals surface area contributed by atoms with Crippen molar-refractivity contribution in [1.82, 2.24) is 9.55 Å². The number of nitrogens with zero attached hydrogens (tertiary/aromatic N) is 3. The Hall–Kier alpha value is -3.21. The molecule has 1 aromatic carbocycles. The molecule has 0 bridgehead atoms. The number of imidazole rings is 1. The average Bonchev–Trinajstić information content (AvgIpc) is 3.03. The molecule has 0 saturated carbocycles. The zero-order valence-corrected chi connectivity index (χ0v) is 16.2. The molecule has 2 atom stereocenters. The van der Waals surface area contributed by atoms with Gasteiger partial charge in [0.2, 0.25) is 5.91 Å². The van der Waals surface area contributed by atoms with Crippen LogP contribution >= 0.6 is 0 Å². The van der Waals surface area contributed by atoms with Crippen molar-refractivity contribution < 1.29 is 27.8 Å². The van der Waals surface area contributed by atoms with E-state index in [2.05, 4.69) is 10.3 Å². The summed E-state index contributed by atoms with van der Waals surface area (Å²) in [5.41, 5.74) is 6.57. The third-order valence-corrected chi connectivity index (χ3v) is 5.04. The fraction of sp³-hybridized carbons (Fsp3) is 0.421. The van der Waals surface area contributed by atoms with E-state index in [0.29, 0.717) is 36.0 Å². The van der Waals surface area contributed by atoms with E-state index < -0.39 is 30.3 Å². The van der Waals surface area contributed by atoms with Gasteiger partial charge in [0.15, 0.2) is 5.82 Å². The molecule has 1 unspecified atom stereocenters. The highest BCUT2D eigenvalue weighted by molar-refractivity contribution is 5.95. The first-order valence-corrected chi connectivity index (χ1v) is 9.43. The number of alkyl halides is 2. The number of nitrogens with one attached hydrogen (secondary N) is 1. The maximum atomic E-state index is 13.5. The molecule has 2 amide bonds. The van der Waals surface area contributed by atoms with Crippen LogP contribution in [-0.2, 0) is 20.9 Å². The van der Waals surface area contributed by atoms with Crippen LogP contribution in [0.4, 0.5) is 20.3 Å². The predicted octanol–water partition coefficient (Wildman–Crippen LogP) is 1.23. The van der Waals surface area contributed by atoms with Gasteiger partial charge in [-0.3, -0.25) is 14.5 Å². The Morgan fingerprint density at radius 2 is 2.20 bits per heavy atom. The SMILES string of the molecule is C[C@H](Nc1ccc2c(c1)OCCn1cc(N3C(=O)COCC3C(F)F)nc1-2)C(N)=O. The second kappa shape index (κ2) is 7.90. The van der Waals surface area contributed by atoms with Crippen LogP contribution in [0.15, 0.2) is 24.4 Å². The molecule has 0 aliphatic carbocycles. The molecule has 1 saturated heterocycles. The minimum Gasteiger partial charge on any atom is -0.491 e. The van der Waals surface area contributed by atoms with Crippen molar-refractivity contribution in [3.63, 3.8) is 0 Å². The van der Waals surface area contributed by atoms with Crippen LogP contribution in [-0.4, -0.2) is 59.7 Å². The number of hydrogen-bond acceptors (Lipinski definition) is 6. The zero-order valence-electron chi connectivity index (χ0n) is 16.2. The summed E-state index contributed by atoms with van der Waals surface area (Å²) in [4.78, 5) is 29.1. The number of hydrogen-bond donors (Lipinski definition) is 2. The van der Waals surface area contributed by atoms with Gasteiger partial charge in [0, 0.05) is 18.0 Å². The lowest BCUT2D eigenvalue weighted by Gasteiger charge is -2.33. The number of benzene rings is 1. The minimum absolute atomic E-state index is 0.154. The van der Waals surface area contributed by atoms with Crippen molar-refractivity contribution in [1.29, 1.82) is 0 Å². The standard InChI is InChI=1S/C19H21F2N5O4/c1-10(18(22)28)23-11-2-3-12-14(6-11)30-5-4-25-7-15(24-19(12)25)26-13(17(20)21)8-29-9-16(26)27/h2-3,6-7,10,13,17,23H,4-5,8-9H2,1H3,(H2,22,28)/t10-,13?/m0/s1. The van der Waals surface area contributed by atoms with Gasteiger partial charge in [-0.05, 0) is 19.1 Å². The topological polar surface area (TPSA) is 112 Å². The lowest BCUT2D eigenvalue weighted by molar-refractivity contribution is -0.130. The molecule has 160 valence electrons. The molecule has 3 heterocycles. The number of anilines is 2. The molecule has 2 aliphatic rings. The fourth-order valence-corrected chi connectivity index (χ4v) is 3.47. The summed E-state index contributed by atoms with van der Waals surface area (Å²) in [6, 6.07) is 3.27. The zero-order chi connectivity index (χ0) is 21.4. The Balaban J connectivity index is 1.69. The van der Waals surface area contributed by atoms with Crippen molar-refractivity contribution in [2.24, 2.45) is 5.73 Å². The van der Waals surface area contributed by atoms with Crippen LogP contribution in [0.3, 0.4) is 0 Å². The van der Waals surface area contributed by atoms with Crippen LogP contribution in [0.2, 0.25) is 0 Å². The predicted molar refractivity (Wildman–Crippen MR) is 104 cm³/mol. The van der Waals surface area contributed by atoms with Gasteiger partial charge in [-0.15, -0.1) is 0 Å². The molecule has 30 heavy (non-hydrogen) atoms. The van der Waals surface area contributed by atoms with Gasteiger partial charge in [-0.1, -0.05) is 0 Å². The number of rotatable bonds is 5. The number of amides is 2. The van der Waals surface area contributed by atoms with Crippen molar-refractivity contribution in [2.45, 2.75) is 32.0 Å². The average molecular weight is 421 g/mol. The number of halogens is 2. The van der Waals surface area contributed by atoms with Gasteiger partial charge in [0.25, 0.3) is 12.3 Å². The van der Waals surface area contributed by atoms with E-state index in [1.807, 2.05) is 0 Å². The van der Waals surface area contributed by atoms with E-state index in [1.54, 1.807) is 35.9 Å². The summed E-state index contributed by atoms with van der Waals surface area (Å²) in [7, 11) is 0. The Morgan fingerprint density at radius 1 is 1.40 bits per heavy atom. The second-order valence-electron chi connectivity index (χ2n) is 7.12. The van der Waals surface area contributed by atoms with Crippen LogP contribution < -0.4 is 20.7 Å². The van der Waals surface area contributed by atoms with Crippen LogP contribution in [0.5, 0.6) is 5.75 Å². The number of morpholine rings is 1. The number of ether oxygens (including phenoxy) is 2. The number of nitrogens with two attached hydrogens (primary N) is 1. The highest BCUT2D eigenvalue weighted by Gasteiger charge is 2.38. The van der Waals surface area contributed by atoms with E-state index in [4.69, 9.17) is 15.2 Å². The smallest absolute Gasteiger partial charge is 0.261 e. The largest absolute Gasteiger partial charge is 0.491 e. The van der Waals surface area contributed by atoms with Crippen molar-refractivity contribution in [2.75, 3.05) is 30.0 Å². The molecule has 1 aromatic heterocycles. The summed E-state index contributed by atoms with van der Waals surface area (Å²) in [6.45, 7) is 1.87. The third kappa shape index (κ3) is 3.67. The first-order valence-electron chi connectivity index (χ1n) is 9.43. The molecule has 3 N–H and O–H groups in total. The monoisotopic (exact) mass is 421 g/mol. The molecule has 0 radical (unpaired) electrons. The van der Waals surface area contributed by atoms with Crippen LogP contribution in [0.25, 0.3) is 11.4 Å². The Labute approximate surface area is 170 Å². The molecule has 11 heteroatoms. The quantitative estimate of drug-likeness (QED) is 0.751. The van der Waals surface area contributed by atoms with E-state index >= 15 is 0 Å². The van der Waals surface area contributed by atoms with Crippen LogP contribution in [0, 0.1) is 0 Å². The van der Waals surface area contributed by atoms with Gasteiger partial charge in [0.1, 0.15) is 36.9 Å². The number of carbonyl (C=O) groups excluding carboxylic acids is 2. The Kier molecular flexibility index (Phi) is 5.29. The highest BCUT2D eigenvalue weighted by atomic mass is 19.3. The Morgan fingerprint density at radius 3 is 2.93 bits per heavy atom. The summed E-state index contributed by atoms with van der Waals surface area (Å²) < 4.78 is 39.5. The first-order chi connectivity index (χ1) is 14.3. The molecule has 2 aromatic rings. The highest BCUT2D eigenvalue weighted by Crippen LogP contribution is 2.36. The third-order valence-electron chi connectivity index (χ3n) is 5.04. The second-order valence-corrected chi connectivity index (χ2v) is 7.12. The maximum Gasteiger partial charge on any atom is 0.261 e. The van der Waals surface area contributed by atoms with Gasteiger partial charge in [0.05, 0.1) is 18.7 Å². The molecular weight excluding hydrogens is 400 g/mol. The maximum absolute atomic E-state index is 13.5. The van der Waals surface area contributed by atoms with E-state index in [1.165, 1.54) is 0 Å². The normalized spacial score (nSPS) is 19.5. The van der Waals surface area contributed by atoms with Gasteiger partial charge in [-0.2, -0.15) is 0 Å². The van der Waals surface area contributed by atoms with E-state index in [-0.39, 0.29) is 19.0 Å². The molecule has 4 rings (SSSR count). The summed E-state index contributed by atoms with van der Waals surface area (Å²) in [5, 5.41) is 2.98. The Bertz CT molecular complexity index is 980. The van der Waals surface area contributed by atoms with Gasteiger partial charge >= 0.3 is 0 Å². The summed E-state index contributed by atoms with van der Waals surface area (Å²) in [5.74, 6) is 0.123. The number of primary amides is 1. The lowest BCUT2D eigenvalue weighted by Crippen LogP contribution is -2.53. The number of fused-ring (bicyclic) bond motifs is 3. The van der Waals surface area contributed by atoms with Crippen molar-refractivity contribution >= 4 is 23.3 Å². The fourth-order valence-electron chi connectivity index (χ4n) is 3.47. The van der Waals surface area contributed by atoms with E-state index in [0.717, 1.165) is 4.90 Å². The van der Waals surface area contributed by atoms with Crippen molar-refractivity contribution in [3.05, 3.63) is 24.4 Å². The molecule has 0 spiro atoms. The summed E-state index contributed by atoms with van der Waals surface area (Å²) in [6.07, 6.45) is -1.18. The summed E-state index contributed by atoms with van der Waals surface area (Å²) >= 11 is 0. The van der Waals surface area contributed by atoms with Gasteiger partial charge in [-0.25, -0.2) is 13.8 Å². The molecule has 2 aliphatic heterocycles. The molecular formula is C19H21F2N5O4. The molecule has 9 nitrogen and oxygen atoms in total. The molecule has 1 fully saturated rings.